The van der Waals surface area contributed by atoms with E-state index in [1.54, 1.807) is 0 Å². The van der Waals surface area contributed by atoms with Crippen LogP contribution in [0.1, 0.15) is 0 Å². The summed E-state index contributed by atoms with van der Waals surface area (Å²) < 4.78 is 31.8. The summed E-state index contributed by atoms with van der Waals surface area (Å²) in [6.07, 6.45) is 1.27. The van der Waals surface area contributed by atoms with Crippen molar-refractivity contribution in [3.63, 3.8) is 0 Å². The van der Waals surface area contributed by atoms with Crippen LogP contribution >= 0.6 is 0 Å². The minimum Gasteiger partial charge on any atom is -0.379 e. The average Bonchev–Trinajstić information content (AvgIpc) is 2.48. The van der Waals surface area contributed by atoms with Gasteiger partial charge in [-0.2, -0.15) is 0 Å². The molecule has 1 fully saturated rings. The van der Waals surface area contributed by atoms with Gasteiger partial charge in [-0.15, -0.1) is 0 Å². The molecule has 1 aliphatic heterocycles. The number of anilines is 1. The second kappa shape index (κ2) is 6.95. The molecule has 0 saturated carbocycles. The third-order valence-electron chi connectivity index (χ3n) is 3.02. The fraction of sp³-hybridized carbons (Fsp3) is 0.545. The fourth-order valence-electron chi connectivity index (χ4n) is 1.87. The van der Waals surface area contributed by atoms with Crippen LogP contribution in [0.2, 0.25) is 0 Å². The van der Waals surface area contributed by atoms with Crippen molar-refractivity contribution < 1.29 is 13.2 Å². The van der Waals surface area contributed by atoms with Gasteiger partial charge in [0.2, 0.25) is 10.0 Å². The smallest absolute Gasteiger partial charge is 0.242 e. The number of pyridine rings is 1. The summed E-state index contributed by atoms with van der Waals surface area (Å²) in [5.74, 6) is 5.59. The fourth-order valence-corrected chi connectivity index (χ4v) is 2.84. The Hall–Kier alpha value is -1.26. The van der Waals surface area contributed by atoms with Crippen molar-refractivity contribution in [2.75, 3.05) is 44.8 Å². The Kier molecular flexibility index (Phi) is 5.26. The van der Waals surface area contributed by atoms with Crippen molar-refractivity contribution in [1.82, 2.24) is 14.6 Å². The van der Waals surface area contributed by atoms with E-state index in [0.717, 1.165) is 13.1 Å². The third kappa shape index (κ3) is 4.12. The molecule has 1 saturated heterocycles. The lowest BCUT2D eigenvalue weighted by molar-refractivity contribution is 0.0390. The van der Waals surface area contributed by atoms with Gasteiger partial charge >= 0.3 is 0 Å². The van der Waals surface area contributed by atoms with Gasteiger partial charge in [0.25, 0.3) is 0 Å². The summed E-state index contributed by atoms with van der Waals surface area (Å²) in [5, 5.41) is 0. The predicted octanol–water partition coefficient (Wildman–Crippen LogP) is -1.02. The van der Waals surface area contributed by atoms with Crippen molar-refractivity contribution in [2.24, 2.45) is 5.84 Å². The number of nitrogens with zero attached hydrogens (tertiary/aromatic N) is 2. The first-order chi connectivity index (χ1) is 9.62. The molecular formula is C11H19N5O3S. The Balaban J connectivity index is 1.86. The number of aromatic nitrogens is 1. The first-order valence-corrected chi connectivity index (χ1v) is 7.82. The minimum absolute atomic E-state index is 0.124. The Morgan fingerprint density at radius 3 is 2.70 bits per heavy atom. The molecule has 0 radical (unpaired) electrons. The van der Waals surface area contributed by atoms with Crippen LogP contribution < -0.4 is 16.0 Å². The summed E-state index contributed by atoms with van der Waals surface area (Å²) in [7, 11) is -3.53. The molecule has 0 spiro atoms. The minimum atomic E-state index is -3.53. The molecule has 1 aromatic rings. The number of rotatable bonds is 6. The summed E-state index contributed by atoms with van der Waals surface area (Å²) in [5.41, 5.74) is 2.35. The molecule has 9 heteroatoms. The van der Waals surface area contributed by atoms with Crippen LogP contribution in [0.15, 0.2) is 23.2 Å². The molecule has 0 bridgehead atoms. The Morgan fingerprint density at radius 1 is 1.35 bits per heavy atom. The van der Waals surface area contributed by atoms with Crippen molar-refractivity contribution >= 4 is 15.8 Å². The molecule has 20 heavy (non-hydrogen) atoms. The van der Waals surface area contributed by atoms with Gasteiger partial charge < -0.3 is 10.2 Å². The van der Waals surface area contributed by atoms with Crippen LogP contribution in [0, 0.1) is 0 Å². The summed E-state index contributed by atoms with van der Waals surface area (Å²) in [4.78, 5) is 6.16. The van der Waals surface area contributed by atoms with E-state index in [-0.39, 0.29) is 4.90 Å². The second-order valence-electron chi connectivity index (χ2n) is 4.38. The molecule has 0 aliphatic carbocycles. The first kappa shape index (κ1) is 15.1. The number of hydrazine groups is 1. The van der Waals surface area contributed by atoms with Crippen LogP contribution in [0.3, 0.4) is 0 Å². The number of sulfonamides is 1. The molecule has 0 aromatic carbocycles. The van der Waals surface area contributed by atoms with Gasteiger partial charge in [0, 0.05) is 32.4 Å². The zero-order valence-corrected chi connectivity index (χ0v) is 11.9. The number of nitrogen functional groups attached to an aromatic ring is 1. The van der Waals surface area contributed by atoms with Crippen molar-refractivity contribution in [3.8, 4) is 0 Å². The molecule has 2 heterocycles. The van der Waals surface area contributed by atoms with Gasteiger partial charge in [-0.3, -0.25) is 4.90 Å². The van der Waals surface area contributed by atoms with Crippen LogP contribution in [-0.2, 0) is 14.8 Å². The average molecular weight is 301 g/mol. The zero-order chi connectivity index (χ0) is 14.4. The summed E-state index contributed by atoms with van der Waals surface area (Å²) in [6.45, 7) is 4.09. The Morgan fingerprint density at radius 2 is 2.10 bits per heavy atom. The van der Waals surface area contributed by atoms with E-state index in [1.165, 1.54) is 18.3 Å². The molecule has 4 N–H and O–H groups in total. The molecule has 1 aliphatic rings. The number of morpholine rings is 1. The lowest BCUT2D eigenvalue weighted by Crippen LogP contribution is -2.41. The summed E-state index contributed by atoms with van der Waals surface area (Å²) >= 11 is 0. The maximum absolute atomic E-state index is 12.0. The zero-order valence-electron chi connectivity index (χ0n) is 11.1. The van der Waals surface area contributed by atoms with E-state index in [9.17, 15) is 8.42 Å². The number of ether oxygens (including phenoxy) is 1. The largest absolute Gasteiger partial charge is 0.379 e. The van der Waals surface area contributed by atoms with Crippen molar-refractivity contribution in [2.45, 2.75) is 4.90 Å². The lowest BCUT2D eigenvalue weighted by atomic mass is 10.4. The second-order valence-corrected chi connectivity index (χ2v) is 6.14. The first-order valence-electron chi connectivity index (χ1n) is 6.34. The SMILES string of the molecule is NNc1ccc(S(=O)(=O)NCCN2CCOCC2)cn1. The van der Waals surface area contributed by atoms with Crippen molar-refractivity contribution in [3.05, 3.63) is 18.3 Å². The number of hydrogen-bond donors (Lipinski definition) is 3. The molecule has 0 atom stereocenters. The molecule has 0 unspecified atom stereocenters. The van der Waals surface area contributed by atoms with E-state index in [0.29, 0.717) is 32.1 Å². The highest BCUT2D eigenvalue weighted by Gasteiger charge is 2.15. The molecule has 8 nitrogen and oxygen atoms in total. The quantitative estimate of drug-likeness (QED) is 0.455. The molecule has 112 valence electrons. The summed E-state index contributed by atoms with van der Waals surface area (Å²) in [6, 6.07) is 2.97. The van der Waals surface area contributed by atoms with Gasteiger partial charge in [-0.1, -0.05) is 0 Å². The van der Waals surface area contributed by atoms with Gasteiger partial charge in [0.1, 0.15) is 10.7 Å². The van der Waals surface area contributed by atoms with Gasteiger partial charge in [-0.25, -0.2) is 24.0 Å². The number of nitrogens with two attached hydrogens (primary N) is 1. The standard InChI is InChI=1S/C11H19N5O3S/c12-15-11-2-1-10(9-13-11)20(17,18)14-3-4-16-5-7-19-8-6-16/h1-2,9,14H,3-8,12H2,(H,13,15). The van der Waals surface area contributed by atoms with E-state index in [4.69, 9.17) is 10.6 Å². The third-order valence-corrected chi connectivity index (χ3v) is 4.46. The normalized spacial score (nSPS) is 17.1. The van der Waals surface area contributed by atoms with Crippen LogP contribution in [0.4, 0.5) is 5.82 Å². The van der Waals surface area contributed by atoms with E-state index >= 15 is 0 Å². The molecule has 1 aromatic heterocycles. The predicted molar refractivity (Wildman–Crippen MR) is 74.5 cm³/mol. The van der Waals surface area contributed by atoms with Gasteiger partial charge in [-0.05, 0) is 12.1 Å². The highest BCUT2D eigenvalue weighted by Crippen LogP contribution is 2.09. The molecule has 0 amide bonds. The topological polar surface area (TPSA) is 110 Å². The maximum atomic E-state index is 12.0. The highest BCUT2D eigenvalue weighted by molar-refractivity contribution is 7.89. The van der Waals surface area contributed by atoms with E-state index in [1.807, 2.05) is 0 Å². The number of nitrogens with one attached hydrogen (secondary N) is 2. The molecule has 2 rings (SSSR count). The van der Waals surface area contributed by atoms with Crippen LogP contribution in [0.25, 0.3) is 0 Å². The molecular weight excluding hydrogens is 282 g/mol. The Bertz CT molecular complexity index is 513. The van der Waals surface area contributed by atoms with Gasteiger partial charge in [0.15, 0.2) is 0 Å². The van der Waals surface area contributed by atoms with E-state index < -0.39 is 10.0 Å². The highest BCUT2D eigenvalue weighted by atomic mass is 32.2. The van der Waals surface area contributed by atoms with Crippen LogP contribution in [-0.4, -0.2) is 57.7 Å². The number of hydrogen-bond acceptors (Lipinski definition) is 7. The van der Waals surface area contributed by atoms with Gasteiger partial charge in [0.05, 0.1) is 13.2 Å². The monoisotopic (exact) mass is 301 g/mol. The lowest BCUT2D eigenvalue weighted by Gasteiger charge is -2.26. The van der Waals surface area contributed by atoms with E-state index in [2.05, 4.69) is 20.0 Å². The Labute approximate surface area is 118 Å². The van der Waals surface area contributed by atoms with Crippen molar-refractivity contribution in [1.29, 1.82) is 0 Å². The maximum Gasteiger partial charge on any atom is 0.242 e. The van der Waals surface area contributed by atoms with Crippen LogP contribution in [0.5, 0.6) is 0 Å².